The van der Waals surface area contributed by atoms with Gasteiger partial charge in [0.2, 0.25) is 5.69 Å². The summed E-state index contributed by atoms with van der Waals surface area (Å²) in [6.45, 7) is 7.49. The number of rotatable bonds is 16. The van der Waals surface area contributed by atoms with Crippen LogP contribution in [0.15, 0.2) is 23.1 Å². The molecule has 9 heteroatoms. The summed E-state index contributed by atoms with van der Waals surface area (Å²) in [5, 5.41) is 21.1. The predicted molar refractivity (Wildman–Crippen MR) is 126 cm³/mol. The second-order valence-electron chi connectivity index (χ2n) is 8.54. The molecule has 0 saturated heterocycles. The first-order chi connectivity index (χ1) is 15.8. The topological polar surface area (TPSA) is 105 Å². The van der Waals surface area contributed by atoms with Gasteiger partial charge in [0, 0.05) is 42.7 Å². The van der Waals surface area contributed by atoms with Crippen LogP contribution in [0.1, 0.15) is 84.1 Å². The number of hydrogen-bond acceptors (Lipinski definition) is 7. The lowest BCUT2D eigenvalue weighted by atomic mass is 9.76. The first-order valence-corrected chi connectivity index (χ1v) is 12.4. The number of ether oxygens (including phenoxy) is 1. The molecule has 184 valence electrons. The van der Waals surface area contributed by atoms with Crippen LogP contribution in [0.3, 0.4) is 0 Å². The Morgan fingerprint density at radius 1 is 1.09 bits per heavy atom. The maximum absolute atomic E-state index is 11.5. The van der Waals surface area contributed by atoms with Crippen LogP contribution in [-0.4, -0.2) is 45.7 Å². The van der Waals surface area contributed by atoms with Gasteiger partial charge in [0.05, 0.1) is 24.1 Å². The van der Waals surface area contributed by atoms with Crippen molar-refractivity contribution in [3.05, 3.63) is 23.8 Å². The maximum Gasteiger partial charge on any atom is 0.305 e. The number of fused-ring (bicyclic) bond motifs is 1. The molecule has 33 heavy (non-hydrogen) atoms. The molecule has 0 fully saturated rings. The molecule has 0 amide bonds. The van der Waals surface area contributed by atoms with Gasteiger partial charge >= 0.3 is 11.9 Å². The van der Waals surface area contributed by atoms with E-state index in [9.17, 15) is 9.59 Å². The van der Waals surface area contributed by atoms with Crippen molar-refractivity contribution in [3.63, 3.8) is 0 Å². The zero-order valence-electron chi connectivity index (χ0n) is 19.8. The van der Waals surface area contributed by atoms with Crippen molar-refractivity contribution in [2.24, 2.45) is 0 Å². The average Bonchev–Trinajstić information content (AvgIpc) is 2.98. The minimum Gasteiger partial charge on any atom is -0.481 e. The second-order valence-corrected chi connectivity index (χ2v) is 9.32. The Morgan fingerprint density at radius 2 is 1.82 bits per heavy atom. The fourth-order valence-electron chi connectivity index (χ4n) is 4.46. The summed E-state index contributed by atoms with van der Waals surface area (Å²) in [6, 6.07) is 6.07. The fraction of sp³-hybridized carbons (Fsp3) is 0.625. The SMILES string of the molecule is CCOC(=O)CCCCC[N+]1=C(C)C(C)(CCCCCC(=O)O)c2cc(SOOO)ccc21. The Labute approximate surface area is 200 Å². The van der Waals surface area contributed by atoms with Crippen molar-refractivity contribution < 1.29 is 38.6 Å². The van der Waals surface area contributed by atoms with Gasteiger partial charge in [-0.1, -0.05) is 17.9 Å². The maximum atomic E-state index is 11.5. The Hall–Kier alpha value is -1.94. The second kappa shape index (κ2) is 13.7. The minimum atomic E-state index is -0.753. The van der Waals surface area contributed by atoms with Crippen molar-refractivity contribution in [1.29, 1.82) is 0 Å². The lowest BCUT2D eigenvalue weighted by Gasteiger charge is -2.22. The van der Waals surface area contributed by atoms with E-state index in [4.69, 9.17) is 15.1 Å². The van der Waals surface area contributed by atoms with Gasteiger partial charge in [0.15, 0.2) is 5.71 Å². The van der Waals surface area contributed by atoms with Gasteiger partial charge in [0.25, 0.3) is 0 Å². The van der Waals surface area contributed by atoms with E-state index >= 15 is 0 Å². The third kappa shape index (κ3) is 7.81. The molecule has 0 spiro atoms. The summed E-state index contributed by atoms with van der Waals surface area (Å²) in [4.78, 5) is 23.2. The van der Waals surface area contributed by atoms with Crippen LogP contribution in [0.5, 0.6) is 0 Å². The van der Waals surface area contributed by atoms with Gasteiger partial charge in [-0.05, 0) is 51.7 Å². The molecule has 1 aromatic carbocycles. The van der Waals surface area contributed by atoms with Gasteiger partial charge in [-0.15, -0.1) is 4.33 Å². The largest absolute Gasteiger partial charge is 0.481 e. The number of carboxylic acids is 1. The van der Waals surface area contributed by atoms with Crippen LogP contribution in [0, 0.1) is 0 Å². The van der Waals surface area contributed by atoms with E-state index in [-0.39, 0.29) is 17.8 Å². The Kier molecular flexibility index (Phi) is 11.3. The molecular weight excluding hydrogens is 446 g/mol. The van der Waals surface area contributed by atoms with Crippen LogP contribution < -0.4 is 0 Å². The van der Waals surface area contributed by atoms with Crippen molar-refractivity contribution in [2.45, 2.75) is 88.9 Å². The zero-order valence-corrected chi connectivity index (χ0v) is 20.6. The molecule has 1 unspecified atom stereocenters. The standard InChI is InChI=1S/C24H35NO7S/c1-4-30-23(28)12-8-6-10-16-25-18(2)24(3,15-9-5-7-11-22(26)27)20-17-19(33-32-31-29)13-14-21(20)25/h13-14,17H,4-12,15-16H2,1-3H3,(H-,26,27,29)/p+1. The van der Waals surface area contributed by atoms with E-state index in [0.717, 1.165) is 67.7 Å². The van der Waals surface area contributed by atoms with Gasteiger partial charge in [-0.2, -0.15) is 4.58 Å². The van der Waals surface area contributed by atoms with Crippen molar-refractivity contribution in [2.75, 3.05) is 13.2 Å². The van der Waals surface area contributed by atoms with E-state index < -0.39 is 5.97 Å². The lowest BCUT2D eigenvalue weighted by molar-refractivity contribution is -0.439. The molecule has 1 aliphatic rings. The zero-order chi connectivity index (χ0) is 24.3. The molecule has 2 rings (SSSR count). The quantitative estimate of drug-likeness (QED) is 0.0778. The van der Waals surface area contributed by atoms with Crippen molar-refractivity contribution in [3.8, 4) is 0 Å². The van der Waals surface area contributed by atoms with Gasteiger partial charge in [-0.25, -0.2) is 5.26 Å². The number of hydrogen-bond donors (Lipinski definition) is 2. The number of nitrogens with zero attached hydrogens (tertiary/aromatic N) is 1. The Bertz CT molecular complexity index is 842. The summed E-state index contributed by atoms with van der Waals surface area (Å²) < 4.78 is 12.0. The summed E-state index contributed by atoms with van der Waals surface area (Å²) in [5.74, 6) is -0.890. The van der Waals surface area contributed by atoms with Gasteiger partial charge < -0.3 is 9.84 Å². The summed E-state index contributed by atoms with van der Waals surface area (Å²) in [5.41, 5.74) is 3.43. The highest BCUT2D eigenvalue weighted by molar-refractivity contribution is 7.94. The van der Waals surface area contributed by atoms with Crippen LogP contribution in [0.2, 0.25) is 0 Å². The molecule has 0 bridgehead atoms. The summed E-state index contributed by atoms with van der Waals surface area (Å²) in [6.07, 6.45) is 6.77. The number of esters is 1. The highest BCUT2D eigenvalue weighted by Crippen LogP contribution is 2.44. The molecule has 0 aliphatic carbocycles. The number of benzene rings is 1. The lowest BCUT2D eigenvalue weighted by Crippen LogP contribution is -2.30. The molecule has 1 aromatic rings. The van der Waals surface area contributed by atoms with E-state index in [1.165, 1.54) is 11.3 Å². The Balaban J connectivity index is 2.10. The molecular formula is C24H36NO7S+. The molecule has 0 aromatic heterocycles. The highest BCUT2D eigenvalue weighted by Gasteiger charge is 2.45. The van der Waals surface area contributed by atoms with Crippen molar-refractivity contribution in [1.82, 2.24) is 0 Å². The average molecular weight is 483 g/mol. The fourth-order valence-corrected chi connectivity index (χ4v) is 4.86. The minimum absolute atomic E-state index is 0.138. The monoisotopic (exact) mass is 482 g/mol. The van der Waals surface area contributed by atoms with Crippen LogP contribution >= 0.6 is 12.0 Å². The third-order valence-corrected chi connectivity index (χ3v) is 6.93. The van der Waals surface area contributed by atoms with Crippen LogP contribution in [0.4, 0.5) is 5.69 Å². The van der Waals surface area contributed by atoms with Crippen LogP contribution in [0.25, 0.3) is 0 Å². The summed E-state index contributed by atoms with van der Waals surface area (Å²) >= 11 is 0.947. The van der Waals surface area contributed by atoms with Gasteiger partial charge in [-0.3, -0.25) is 9.59 Å². The number of aliphatic carboxylic acids is 1. The smallest absolute Gasteiger partial charge is 0.305 e. The highest BCUT2D eigenvalue weighted by atomic mass is 32.2. The van der Waals surface area contributed by atoms with E-state index in [0.29, 0.717) is 19.4 Å². The van der Waals surface area contributed by atoms with E-state index in [2.05, 4.69) is 39.9 Å². The molecule has 1 aliphatic heterocycles. The van der Waals surface area contributed by atoms with Crippen LogP contribution in [-0.2, 0) is 29.1 Å². The third-order valence-electron chi connectivity index (χ3n) is 6.35. The number of carbonyl (C=O) groups excluding carboxylic acids is 1. The van der Waals surface area contributed by atoms with Crippen molar-refractivity contribution >= 4 is 35.4 Å². The summed E-state index contributed by atoms with van der Waals surface area (Å²) in [7, 11) is 0. The van der Waals surface area contributed by atoms with E-state index in [1.54, 1.807) is 0 Å². The first-order valence-electron chi connectivity index (χ1n) is 11.6. The van der Waals surface area contributed by atoms with Gasteiger partial charge in [0.1, 0.15) is 6.54 Å². The Morgan fingerprint density at radius 3 is 2.52 bits per heavy atom. The number of unbranched alkanes of at least 4 members (excludes halogenated alkanes) is 4. The first kappa shape index (κ1) is 27.3. The predicted octanol–water partition coefficient (Wildman–Crippen LogP) is 5.65. The normalized spacial score (nSPS) is 17.3. The van der Waals surface area contributed by atoms with E-state index in [1.807, 2.05) is 13.0 Å². The molecule has 1 atom stereocenters. The molecule has 0 radical (unpaired) electrons. The number of carbonyl (C=O) groups is 2. The number of carboxylic acid groups (broad SMARTS) is 1. The molecule has 8 nitrogen and oxygen atoms in total. The molecule has 0 saturated carbocycles. The molecule has 2 N–H and O–H groups in total. The molecule has 1 heterocycles.